The molecule has 0 spiro atoms. The average molecular weight is 430 g/mol. The van der Waals surface area contributed by atoms with Gasteiger partial charge in [-0.25, -0.2) is 9.97 Å². The molecule has 0 saturated carbocycles. The van der Waals surface area contributed by atoms with Crippen molar-refractivity contribution in [3.8, 4) is 12.1 Å². The molecule has 0 aliphatic heterocycles. The maximum absolute atomic E-state index is 9.72. The first-order valence-electron chi connectivity index (χ1n) is 11.0. The lowest BCUT2D eigenvalue weighted by atomic mass is 9.88. The Hall–Kier alpha value is -5.06. The number of nitrogens with zero attached hydrogens (tertiary/aromatic N) is 4. The van der Waals surface area contributed by atoms with E-state index in [2.05, 4.69) is 72.8 Å². The Bertz CT molecular complexity index is 2090. The van der Waals surface area contributed by atoms with Gasteiger partial charge in [0.25, 0.3) is 0 Å². The van der Waals surface area contributed by atoms with Gasteiger partial charge in [-0.05, 0) is 32.3 Å². The van der Waals surface area contributed by atoms with Crippen LogP contribution in [0.5, 0.6) is 0 Å². The van der Waals surface area contributed by atoms with Crippen LogP contribution in [-0.2, 0) is 0 Å². The Balaban J connectivity index is 1.97. The summed E-state index contributed by atoms with van der Waals surface area (Å²) < 4.78 is 0. The van der Waals surface area contributed by atoms with Crippen molar-refractivity contribution >= 4 is 64.9 Å². The van der Waals surface area contributed by atoms with Crippen molar-refractivity contribution in [1.29, 1.82) is 10.5 Å². The van der Waals surface area contributed by atoms with Crippen LogP contribution in [0.25, 0.3) is 64.9 Å². The topological polar surface area (TPSA) is 73.4 Å². The largest absolute Gasteiger partial charge is 0.232 e. The fourth-order valence-electron chi connectivity index (χ4n) is 5.34. The molecule has 0 aliphatic rings. The van der Waals surface area contributed by atoms with E-state index in [1.54, 1.807) is 0 Å². The van der Waals surface area contributed by atoms with Crippen molar-refractivity contribution in [2.75, 3.05) is 0 Å². The standard InChI is InChI=1S/C30H14N4/c31-15-24-25(16-32)34-30-28-22-12-6-4-10-20(22)19-9-3-5-11-21(19)27(28)26-18-8-2-1-7-17(18)13-14-23(26)29(30)33-24/h1-14H. The minimum atomic E-state index is 0.0497. The fourth-order valence-corrected chi connectivity index (χ4v) is 5.34. The number of benzene rings is 6. The van der Waals surface area contributed by atoms with Crippen LogP contribution >= 0.6 is 0 Å². The van der Waals surface area contributed by atoms with Gasteiger partial charge in [-0.3, -0.25) is 0 Å². The maximum atomic E-state index is 9.72. The van der Waals surface area contributed by atoms with Gasteiger partial charge in [0.05, 0.1) is 11.0 Å². The van der Waals surface area contributed by atoms with Gasteiger partial charge in [0.15, 0.2) is 11.4 Å². The quantitative estimate of drug-likeness (QED) is 0.240. The predicted octanol–water partition coefficient (Wildman–Crippen LogP) is 7.14. The first-order valence-corrected chi connectivity index (χ1v) is 11.0. The van der Waals surface area contributed by atoms with Crippen molar-refractivity contribution in [2.24, 2.45) is 0 Å². The molecule has 7 rings (SSSR count). The number of fused-ring (bicyclic) bond motifs is 13. The summed E-state index contributed by atoms with van der Waals surface area (Å²) in [5, 5.41) is 30.2. The highest BCUT2D eigenvalue weighted by molar-refractivity contribution is 6.41. The number of hydrogen-bond donors (Lipinski definition) is 0. The monoisotopic (exact) mass is 430 g/mol. The Morgan fingerprint density at radius 1 is 0.441 bits per heavy atom. The second-order valence-corrected chi connectivity index (χ2v) is 8.39. The zero-order valence-corrected chi connectivity index (χ0v) is 17.9. The van der Waals surface area contributed by atoms with E-state index in [4.69, 9.17) is 9.97 Å². The second-order valence-electron chi connectivity index (χ2n) is 8.39. The van der Waals surface area contributed by atoms with Crippen LogP contribution in [0.15, 0.2) is 84.9 Å². The Kier molecular flexibility index (Phi) is 3.66. The molecule has 1 aromatic heterocycles. The summed E-state index contributed by atoms with van der Waals surface area (Å²) in [6.07, 6.45) is 0. The lowest BCUT2D eigenvalue weighted by Gasteiger charge is -2.17. The van der Waals surface area contributed by atoms with E-state index < -0.39 is 0 Å². The molecule has 0 radical (unpaired) electrons. The van der Waals surface area contributed by atoms with Crippen LogP contribution in [0, 0.1) is 22.7 Å². The molecule has 0 fully saturated rings. The molecule has 0 unspecified atom stereocenters. The summed E-state index contributed by atoms with van der Waals surface area (Å²) in [4.78, 5) is 9.42. The van der Waals surface area contributed by atoms with Gasteiger partial charge >= 0.3 is 0 Å². The van der Waals surface area contributed by atoms with Gasteiger partial charge < -0.3 is 0 Å². The van der Waals surface area contributed by atoms with Crippen molar-refractivity contribution in [2.45, 2.75) is 0 Å². The molecule has 0 aliphatic carbocycles. The Morgan fingerprint density at radius 2 is 0.971 bits per heavy atom. The van der Waals surface area contributed by atoms with Gasteiger partial charge in [-0.15, -0.1) is 0 Å². The molecule has 1 heterocycles. The number of nitriles is 2. The van der Waals surface area contributed by atoms with Gasteiger partial charge in [-0.1, -0.05) is 84.9 Å². The molecule has 7 aromatic rings. The SMILES string of the molecule is N#Cc1nc2c3ccc4ccccc4c3c3c4ccccc4c4ccccc4c3c2nc1C#N. The third-order valence-electron chi connectivity index (χ3n) is 6.71. The van der Waals surface area contributed by atoms with Crippen molar-refractivity contribution in [3.05, 3.63) is 96.3 Å². The van der Waals surface area contributed by atoms with E-state index in [1.807, 2.05) is 24.3 Å². The van der Waals surface area contributed by atoms with Crippen LogP contribution in [-0.4, -0.2) is 9.97 Å². The van der Waals surface area contributed by atoms with E-state index >= 15 is 0 Å². The summed E-state index contributed by atoms with van der Waals surface area (Å²) in [5.74, 6) is 0. The summed E-state index contributed by atoms with van der Waals surface area (Å²) in [6.45, 7) is 0. The molecule has 0 N–H and O–H groups in total. The molecule has 0 atom stereocenters. The van der Waals surface area contributed by atoms with E-state index in [-0.39, 0.29) is 11.4 Å². The second kappa shape index (κ2) is 6.72. The van der Waals surface area contributed by atoms with E-state index in [0.29, 0.717) is 11.0 Å². The lowest BCUT2D eigenvalue weighted by Crippen LogP contribution is -1.98. The molecule has 0 saturated heterocycles. The molecule has 154 valence electrons. The first-order chi connectivity index (χ1) is 16.8. The molecular weight excluding hydrogens is 416 g/mol. The van der Waals surface area contributed by atoms with E-state index in [1.165, 1.54) is 5.39 Å². The number of hydrogen-bond acceptors (Lipinski definition) is 4. The zero-order valence-electron chi connectivity index (χ0n) is 17.9. The van der Waals surface area contributed by atoms with Gasteiger partial charge in [0.2, 0.25) is 0 Å². The Labute approximate surface area is 193 Å². The van der Waals surface area contributed by atoms with Crippen molar-refractivity contribution in [3.63, 3.8) is 0 Å². The molecule has 0 amide bonds. The highest BCUT2D eigenvalue weighted by Gasteiger charge is 2.20. The van der Waals surface area contributed by atoms with Crippen molar-refractivity contribution < 1.29 is 0 Å². The van der Waals surface area contributed by atoms with Crippen molar-refractivity contribution in [1.82, 2.24) is 9.97 Å². The Morgan fingerprint density at radius 3 is 1.62 bits per heavy atom. The molecule has 0 bridgehead atoms. The highest BCUT2D eigenvalue weighted by atomic mass is 14.8. The number of rotatable bonds is 0. The number of aromatic nitrogens is 2. The maximum Gasteiger partial charge on any atom is 0.177 e. The molecule has 6 aromatic carbocycles. The third kappa shape index (κ3) is 2.29. The van der Waals surface area contributed by atoms with Crippen LogP contribution in [0.1, 0.15) is 11.4 Å². The molecular formula is C30H14N4. The van der Waals surface area contributed by atoms with E-state index in [0.717, 1.165) is 48.5 Å². The zero-order chi connectivity index (χ0) is 22.8. The van der Waals surface area contributed by atoms with Crippen LogP contribution in [0.3, 0.4) is 0 Å². The van der Waals surface area contributed by atoms with Gasteiger partial charge in [0, 0.05) is 21.5 Å². The predicted molar refractivity (Wildman–Crippen MR) is 136 cm³/mol. The summed E-state index contributed by atoms with van der Waals surface area (Å²) in [5.41, 5.74) is 1.39. The minimum absolute atomic E-state index is 0.0497. The minimum Gasteiger partial charge on any atom is -0.232 e. The molecule has 4 nitrogen and oxygen atoms in total. The lowest BCUT2D eigenvalue weighted by molar-refractivity contribution is 1.21. The van der Waals surface area contributed by atoms with Crippen LogP contribution < -0.4 is 0 Å². The summed E-state index contributed by atoms with van der Waals surface area (Å²) >= 11 is 0. The fraction of sp³-hybridized carbons (Fsp3) is 0. The van der Waals surface area contributed by atoms with Crippen LogP contribution in [0.4, 0.5) is 0 Å². The van der Waals surface area contributed by atoms with E-state index in [9.17, 15) is 10.5 Å². The molecule has 34 heavy (non-hydrogen) atoms. The van der Waals surface area contributed by atoms with Crippen LogP contribution in [0.2, 0.25) is 0 Å². The van der Waals surface area contributed by atoms with Gasteiger partial charge in [-0.2, -0.15) is 10.5 Å². The average Bonchev–Trinajstić information content (AvgIpc) is 2.91. The van der Waals surface area contributed by atoms with Gasteiger partial charge in [0.1, 0.15) is 12.1 Å². The first kappa shape index (κ1) is 18.5. The summed E-state index contributed by atoms with van der Waals surface area (Å²) in [6, 6.07) is 33.3. The smallest absolute Gasteiger partial charge is 0.177 e. The molecule has 4 heteroatoms. The highest BCUT2D eigenvalue weighted by Crippen LogP contribution is 2.44. The summed E-state index contributed by atoms with van der Waals surface area (Å²) in [7, 11) is 0. The third-order valence-corrected chi connectivity index (χ3v) is 6.71. The normalized spacial score (nSPS) is 11.5.